The first-order valence-electron chi connectivity index (χ1n) is 4.67. The Labute approximate surface area is 96.7 Å². The van der Waals surface area contributed by atoms with E-state index in [0.717, 1.165) is 5.56 Å². The van der Waals surface area contributed by atoms with E-state index >= 15 is 0 Å². The molecule has 1 aromatic carbocycles. The first kappa shape index (κ1) is 13.1. The molecule has 0 amide bonds. The molecule has 16 heavy (non-hydrogen) atoms. The number of nitrogens with one attached hydrogen (secondary N) is 1. The average molecular weight is 247 g/mol. The van der Waals surface area contributed by atoms with Gasteiger partial charge in [0.2, 0.25) is 0 Å². The third kappa shape index (κ3) is 5.23. The maximum atomic E-state index is 12.0. The van der Waals surface area contributed by atoms with Gasteiger partial charge in [-0.05, 0) is 29.5 Å². The van der Waals surface area contributed by atoms with Crippen LogP contribution in [0.4, 0.5) is 13.2 Å². The van der Waals surface area contributed by atoms with Gasteiger partial charge in [0.25, 0.3) is 0 Å². The van der Waals surface area contributed by atoms with Crippen LogP contribution in [0.3, 0.4) is 0 Å². The predicted molar refractivity (Wildman–Crippen MR) is 60.3 cm³/mol. The molecule has 0 unspecified atom stereocenters. The van der Waals surface area contributed by atoms with Gasteiger partial charge in [0, 0.05) is 18.0 Å². The summed E-state index contributed by atoms with van der Waals surface area (Å²) in [6.07, 6.45) is 1.73. The molecule has 0 atom stereocenters. The van der Waals surface area contributed by atoms with Crippen molar-refractivity contribution in [3.63, 3.8) is 0 Å². The molecular weight excluding hydrogens is 235 g/mol. The Bertz CT molecular complexity index is 332. The van der Waals surface area contributed by atoms with E-state index in [4.69, 9.17) is 0 Å². The summed E-state index contributed by atoms with van der Waals surface area (Å²) in [5.41, 5.74) is -3.27. The maximum Gasteiger partial charge on any atom is 0.446 e. The highest BCUT2D eigenvalue weighted by molar-refractivity contribution is 8.00. The second kappa shape index (κ2) is 5.96. The molecule has 88 valence electrons. The van der Waals surface area contributed by atoms with Crippen molar-refractivity contribution >= 4 is 11.8 Å². The molecule has 1 N–H and O–H groups in total. The molecule has 1 nitrogen and oxygen atoms in total. The van der Waals surface area contributed by atoms with Crippen LogP contribution in [0.1, 0.15) is 5.56 Å². The molecule has 1 aromatic rings. The fourth-order valence-corrected chi connectivity index (χ4v) is 1.67. The van der Waals surface area contributed by atoms with Gasteiger partial charge in [-0.3, -0.25) is 0 Å². The Hall–Kier alpha value is -0.940. The molecule has 0 saturated heterocycles. The van der Waals surface area contributed by atoms with Crippen LogP contribution in [0.15, 0.2) is 41.8 Å². The molecular formula is C11H12F3NS. The summed E-state index contributed by atoms with van der Waals surface area (Å²) in [5.74, 6) is 0. The van der Waals surface area contributed by atoms with Crippen LogP contribution in [-0.4, -0.2) is 12.1 Å². The SMILES string of the molecule is C=CCNCc1ccc(SC(F)(F)F)cc1. The van der Waals surface area contributed by atoms with Gasteiger partial charge in [-0.25, -0.2) is 0 Å². The van der Waals surface area contributed by atoms with Crippen molar-refractivity contribution in [1.29, 1.82) is 0 Å². The highest BCUT2D eigenvalue weighted by atomic mass is 32.2. The van der Waals surface area contributed by atoms with Gasteiger partial charge in [0.15, 0.2) is 0 Å². The predicted octanol–water partition coefficient (Wildman–Crippen LogP) is 3.57. The summed E-state index contributed by atoms with van der Waals surface area (Å²) in [7, 11) is 0. The quantitative estimate of drug-likeness (QED) is 0.485. The minimum atomic E-state index is -4.22. The van der Waals surface area contributed by atoms with E-state index in [1.807, 2.05) is 0 Å². The Morgan fingerprint density at radius 3 is 2.38 bits per heavy atom. The summed E-state index contributed by atoms with van der Waals surface area (Å²) in [5, 5.41) is 3.07. The van der Waals surface area contributed by atoms with Crippen LogP contribution in [0.2, 0.25) is 0 Å². The van der Waals surface area contributed by atoms with Crippen molar-refractivity contribution in [3.8, 4) is 0 Å². The number of thioether (sulfide) groups is 1. The Balaban J connectivity index is 2.51. The average Bonchev–Trinajstić information content (AvgIpc) is 2.19. The fraction of sp³-hybridized carbons (Fsp3) is 0.273. The number of hydrogen-bond donors (Lipinski definition) is 1. The van der Waals surface area contributed by atoms with Crippen molar-refractivity contribution in [1.82, 2.24) is 5.32 Å². The standard InChI is InChI=1S/C11H12F3NS/c1-2-7-15-8-9-3-5-10(6-4-9)16-11(12,13)14/h2-6,15H,1,7-8H2. The molecule has 0 saturated carbocycles. The number of alkyl halides is 3. The van der Waals surface area contributed by atoms with E-state index in [9.17, 15) is 13.2 Å². The molecule has 0 aromatic heterocycles. The second-order valence-corrected chi connectivity index (χ2v) is 4.25. The summed E-state index contributed by atoms with van der Waals surface area (Å²) < 4.78 is 36.1. The number of hydrogen-bond acceptors (Lipinski definition) is 2. The van der Waals surface area contributed by atoms with Crippen LogP contribution < -0.4 is 5.32 Å². The first-order valence-corrected chi connectivity index (χ1v) is 5.49. The highest BCUT2D eigenvalue weighted by Gasteiger charge is 2.28. The van der Waals surface area contributed by atoms with Crippen molar-refractivity contribution in [2.45, 2.75) is 16.9 Å². The van der Waals surface area contributed by atoms with E-state index in [-0.39, 0.29) is 16.7 Å². The molecule has 0 heterocycles. The highest BCUT2D eigenvalue weighted by Crippen LogP contribution is 2.36. The van der Waals surface area contributed by atoms with E-state index in [1.165, 1.54) is 12.1 Å². The number of rotatable bonds is 5. The summed E-state index contributed by atoms with van der Waals surface area (Å²) in [4.78, 5) is 0.208. The number of halogens is 3. The zero-order valence-corrected chi connectivity index (χ0v) is 9.37. The Kier molecular flexibility index (Phi) is 4.89. The summed E-state index contributed by atoms with van der Waals surface area (Å²) in [6.45, 7) is 4.86. The smallest absolute Gasteiger partial charge is 0.309 e. The topological polar surface area (TPSA) is 12.0 Å². The molecule has 0 fully saturated rings. The van der Waals surface area contributed by atoms with E-state index in [2.05, 4.69) is 11.9 Å². The lowest BCUT2D eigenvalue weighted by atomic mass is 10.2. The van der Waals surface area contributed by atoms with Crippen LogP contribution >= 0.6 is 11.8 Å². The molecule has 5 heteroatoms. The van der Waals surface area contributed by atoms with Crippen LogP contribution in [0.5, 0.6) is 0 Å². The number of benzene rings is 1. The molecule has 1 rings (SSSR count). The van der Waals surface area contributed by atoms with Gasteiger partial charge >= 0.3 is 5.51 Å². The van der Waals surface area contributed by atoms with Crippen LogP contribution in [0, 0.1) is 0 Å². The Morgan fingerprint density at radius 1 is 1.25 bits per heavy atom. The maximum absolute atomic E-state index is 12.0. The third-order valence-electron chi connectivity index (χ3n) is 1.77. The zero-order chi connectivity index (χ0) is 12.0. The lowest BCUT2D eigenvalue weighted by Crippen LogP contribution is -2.12. The summed E-state index contributed by atoms with van der Waals surface area (Å²) >= 11 is -0.0988. The molecule has 0 aliphatic rings. The molecule has 0 spiro atoms. The summed E-state index contributed by atoms with van der Waals surface area (Å²) in [6, 6.07) is 6.32. The van der Waals surface area contributed by atoms with E-state index < -0.39 is 5.51 Å². The van der Waals surface area contributed by atoms with Gasteiger partial charge < -0.3 is 5.32 Å². The molecule has 0 aliphatic carbocycles. The van der Waals surface area contributed by atoms with Crippen molar-refractivity contribution < 1.29 is 13.2 Å². The minimum Gasteiger partial charge on any atom is -0.309 e. The largest absolute Gasteiger partial charge is 0.446 e. The van der Waals surface area contributed by atoms with Gasteiger partial charge in [-0.2, -0.15) is 13.2 Å². The second-order valence-electron chi connectivity index (χ2n) is 3.11. The Morgan fingerprint density at radius 2 is 1.88 bits per heavy atom. The van der Waals surface area contributed by atoms with Crippen LogP contribution in [0.25, 0.3) is 0 Å². The van der Waals surface area contributed by atoms with Crippen molar-refractivity contribution in [2.75, 3.05) is 6.54 Å². The van der Waals surface area contributed by atoms with E-state index in [0.29, 0.717) is 13.1 Å². The van der Waals surface area contributed by atoms with E-state index in [1.54, 1.807) is 18.2 Å². The lowest BCUT2D eigenvalue weighted by Gasteiger charge is -2.06. The van der Waals surface area contributed by atoms with Gasteiger partial charge in [0.05, 0.1) is 0 Å². The van der Waals surface area contributed by atoms with Crippen molar-refractivity contribution in [3.05, 3.63) is 42.5 Å². The minimum absolute atomic E-state index is 0.0988. The monoisotopic (exact) mass is 247 g/mol. The zero-order valence-electron chi connectivity index (χ0n) is 8.55. The van der Waals surface area contributed by atoms with Gasteiger partial charge in [0.1, 0.15) is 0 Å². The first-order chi connectivity index (χ1) is 7.51. The molecule has 0 radical (unpaired) electrons. The van der Waals surface area contributed by atoms with Crippen LogP contribution in [-0.2, 0) is 6.54 Å². The molecule has 0 bridgehead atoms. The normalized spacial score (nSPS) is 11.4. The fourth-order valence-electron chi connectivity index (χ4n) is 1.13. The molecule has 0 aliphatic heterocycles. The van der Waals surface area contributed by atoms with Gasteiger partial charge in [-0.1, -0.05) is 18.2 Å². The lowest BCUT2D eigenvalue weighted by molar-refractivity contribution is -0.0328. The third-order valence-corrected chi connectivity index (χ3v) is 2.51. The van der Waals surface area contributed by atoms with Crippen molar-refractivity contribution in [2.24, 2.45) is 0 Å². The van der Waals surface area contributed by atoms with Gasteiger partial charge in [-0.15, -0.1) is 6.58 Å².